The number of nitriles is 1. The number of rotatable bonds is 2. The van der Waals surface area contributed by atoms with Crippen LogP contribution in [0.3, 0.4) is 0 Å². The molecule has 0 heterocycles. The Kier molecular flexibility index (Phi) is 4.14. The van der Waals surface area contributed by atoms with Crippen LogP contribution in [0.25, 0.3) is 6.08 Å². The third-order valence-electron chi connectivity index (χ3n) is 1.98. The van der Waals surface area contributed by atoms with E-state index in [-0.39, 0.29) is 10.0 Å². The van der Waals surface area contributed by atoms with Crippen LogP contribution in [0.2, 0.25) is 0 Å². The predicted molar refractivity (Wildman–Crippen MR) is 60.4 cm³/mol. The van der Waals surface area contributed by atoms with Gasteiger partial charge in [0.05, 0.1) is 5.56 Å². The van der Waals surface area contributed by atoms with Crippen LogP contribution in [0.1, 0.15) is 11.1 Å². The molecule has 1 N–H and O–H groups in total. The third-order valence-corrected chi connectivity index (χ3v) is 2.67. The molecule has 0 amide bonds. The number of carbonyl (C=O) groups is 1. The molecule has 0 aliphatic heterocycles. The molecule has 1 rings (SSSR count). The summed E-state index contributed by atoms with van der Waals surface area (Å²) in [4.78, 5) is 10.6. The van der Waals surface area contributed by atoms with Crippen molar-refractivity contribution < 1.29 is 23.1 Å². The molecule has 0 bridgehead atoms. The molecule has 94 valence electrons. The lowest BCUT2D eigenvalue weighted by Gasteiger charge is -2.08. The molecule has 1 aromatic rings. The highest BCUT2D eigenvalue weighted by Gasteiger charge is 2.30. The number of aliphatic carboxylic acids is 1. The highest BCUT2D eigenvalue weighted by atomic mass is 79.9. The first-order valence-electron chi connectivity index (χ1n) is 4.47. The molecule has 0 fully saturated rings. The summed E-state index contributed by atoms with van der Waals surface area (Å²) in [5.74, 6) is -1.44. The van der Waals surface area contributed by atoms with Gasteiger partial charge < -0.3 is 5.11 Å². The van der Waals surface area contributed by atoms with E-state index in [2.05, 4.69) is 15.9 Å². The summed E-state index contributed by atoms with van der Waals surface area (Å²) in [6, 6.07) is 4.17. The number of hydrogen-bond acceptors (Lipinski definition) is 2. The van der Waals surface area contributed by atoms with E-state index in [9.17, 15) is 18.0 Å². The van der Waals surface area contributed by atoms with E-state index in [1.165, 1.54) is 6.07 Å². The summed E-state index contributed by atoms with van der Waals surface area (Å²) < 4.78 is 37.2. The number of halogens is 4. The Bertz CT molecular complexity index is 558. The van der Waals surface area contributed by atoms with Crippen LogP contribution in [0.15, 0.2) is 28.2 Å². The van der Waals surface area contributed by atoms with Crippen LogP contribution >= 0.6 is 15.9 Å². The molecule has 7 heteroatoms. The molecule has 0 saturated carbocycles. The third kappa shape index (κ3) is 3.34. The van der Waals surface area contributed by atoms with Crippen molar-refractivity contribution in [3.63, 3.8) is 0 Å². The first-order chi connectivity index (χ1) is 8.25. The Morgan fingerprint density at radius 2 is 2.06 bits per heavy atom. The number of hydrogen-bond donors (Lipinski definition) is 1. The van der Waals surface area contributed by atoms with Crippen LogP contribution in [0, 0.1) is 11.3 Å². The van der Waals surface area contributed by atoms with Gasteiger partial charge in [-0.25, -0.2) is 4.79 Å². The maximum Gasteiger partial charge on any atom is 0.416 e. The Morgan fingerprint density at radius 1 is 1.44 bits per heavy atom. The van der Waals surface area contributed by atoms with Gasteiger partial charge in [-0.05, 0) is 23.8 Å². The minimum Gasteiger partial charge on any atom is -0.477 e. The Morgan fingerprint density at radius 3 is 2.44 bits per heavy atom. The maximum absolute atomic E-state index is 12.4. The minimum absolute atomic E-state index is 0.0614. The summed E-state index contributed by atoms with van der Waals surface area (Å²) in [5.41, 5.74) is -1.24. The fraction of sp³-hybridized carbons (Fsp3) is 0.0909. The van der Waals surface area contributed by atoms with Crippen LogP contribution in [0.5, 0.6) is 0 Å². The molecule has 0 aliphatic carbocycles. The first kappa shape index (κ1) is 14.3. The van der Waals surface area contributed by atoms with E-state index >= 15 is 0 Å². The van der Waals surface area contributed by atoms with Crippen LogP contribution in [0.4, 0.5) is 13.2 Å². The quantitative estimate of drug-likeness (QED) is 0.670. The average molecular weight is 320 g/mol. The van der Waals surface area contributed by atoms with Crippen LogP contribution in [-0.2, 0) is 11.0 Å². The van der Waals surface area contributed by atoms with Crippen LogP contribution < -0.4 is 0 Å². The molecule has 0 atom stereocenters. The fourth-order valence-corrected chi connectivity index (χ4v) is 1.61. The van der Waals surface area contributed by atoms with Gasteiger partial charge in [0.2, 0.25) is 0 Å². The molecule has 0 radical (unpaired) electrons. The van der Waals surface area contributed by atoms with Gasteiger partial charge in [-0.15, -0.1) is 0 Å². The van der Waals surface area contributed by atoms with Crippen molar-refractivity contribution >= 4 is 28.0 Å². The van der Waals surface area contributed by atoms with Crippen molar-refractivity contribution in [1.82, 2.24) is 0 Å². The van der Waals surface area contributed by atoms with Gasteiger partial charge >= 0.3 is 12.1 Å². The van der Waals surface area contributed by atoms with E-state index in [1.54, 1.807) is 0 Å². The molecule has 0 saturated heterocycles. The summed E-state index contributed by atoms with van der Waals surface area (Å²) in [6.45, 7) is 0. The van der Waals surface area contributed by atoms with Gasteiger partial charge in [0.15, 0.2) is 0 Å². The lowest BCUT2D eigenvalue weighted by Crippen LogP contribution is -2.05. The second-order valence-electron chi connectivity index (χ2n) is 3.21. The van der Waals surface area contributed by atoms with Gasteiger partial charge in [0.25, 0.3) is 0 Å². The highest BCUT2D eigenvalue weighted by molar-refractivity contribution is 9.10. The van der Waals surface area contributed by atoms with E-state index in [0.717, 1.165) is 24.3 Å². The molecule has 1 aromatic carbocycles. The lowest BCUT2D eigenvalue weighted by atomic mass is 10.1. The number of alkyl halides is 3. The maximum atomic E-state index is 12.4. The second-order valence-corrected chi connectivity index (χ2v) is 4.06. The highest BCUT2D eigenvalue weighted by Crippen LogP contribution is 2.32. The largest absolute Gasteiger partial charge is 0.477 e. The smallest absolute Gasteiger partial charge is 0.416 e. The monoisotopic (exact) mass is 319 g/mol. The molecule has 0 spiro atoms. The lowest BCUT2D eigenvalue weighted by molar-refractivity contribution is -0.137. The van der Waals surface area contributed by atoms with Crippen molar-refractivity contribution in [3.8, 4) is 6.07 Å². The van der Waals surface area contributed by atoms with Crippen molar-refractivity contribution in [2.24, 2.45) is 0 Å². The molecular formula is C11H5BrF3NO2. The Hall–Kier alpha value is -1.81. The normalized spacial score (nSPS) is 12.1. The summed E-state index contributed by atoms with van der Waals surface area (Å²) in [6.07, 6.45) is -3.48. The van der Waals surface area contributed by atoms with Crippen molar-refractivity contribution in [2.75, 3.05) is 0 Å². The van der Waals surface area contributed by atoms with Crippen LogP contribution in [-0.4, -0.2) is 11.1 Å². The zero-order valence-electron chi connectivity index (χ0n) is 8.62. The summed E-state index contributed by atoms with van der Waals surface area (Å²) in [5, 5.41) is 17.2. The molecule has 0 aliphatic rings. The standard InChI is InChI=1S/C11H5BrF3NO2/c12-9-4-8(11(13,14)15)2-1-6(9)3-7(5-16)10(17)18/h1-4H,(H,17,18). The number of benzene rings is 1. The van der Waals surface area contributed by atoms with E-state index in [4.69, 9.17) is 10.4 Å². The number of carboxylic acid groups (broad SMARTS) is 1. The first-order valence-corrected chi connectivity index (χ1v) is 5.27. The van der Waals surface area contributed by atoms with Crippen molar-refractivity contribution in [1.29, 1.82) is 5.26 Å². The molecule has 0 unspecified atom stereocenters. The molecule has 18 heavy (non-hydrogen) atoms. The Labute approximate surface area is 108 Å². The zero-order chi connectivity index (χ0) is 13.9. The SMILES string of the molecule is N#CC(=Cc1ccc(C(F)(F)F)cc1Br)C(=O)O. The molecular weight excluding hydrogens is 315 g/mol. The summed E-state index contributed by atoms with van der Waals surface area (Å²) >= 11 is 2.90. The average Bonchev–Trinajstić information content (AvgIpc) is 2.25. The second kappa shape index (κ2) is 5.23. The summed E-state index contributed by atoms with van der Waals surface area (Å²) in [7, 11) is 0. The topological polar surface area (TPSA) is 61.1 Å². The fourth-order valence-electron chi connectivity index (χ4n) is 1.12. The van der Waals surface area contributed by atoms with Gasteiger partial charge in [-0.2, -0.15) is 18.4 Å². The van der Waals surface area contributed by atoms with Crippen molar-refractivity contribution in [2.45, 2.75) is 6.18 Å². The molecule has 0 aromatic heterocycles. The predicted octanol–water partition coefficient (Wildman–Crippen LogP) is 3.46. The number of carboxylic acids is 1. The van der Waals surface area contributed by atoms with E-state index < -0.39 is 23.3 Å². The minimum atomic E-state index is -4.48. The van der Waals surface area contributed by atoms with Gasteiger partial charge in [-0.1, -0.05) is 22.0 Å². The van der Waals surface area contributed by atoms with Gasteiger partial charge in [0.1, 0.15) is 11.6 Å². The Balaban J connectivity index is 3.23. The van der Waals surface area contributed by atoms with E-state index in [0.29, 0.717) is 0 Å². The zero-order valence-corrected chi connectivity index (χ0v) is 10.2. The van der Waals surface area contributed by atoms with Crippen molar-refractivity contribution in [3.05, 3.63) is 39.4 Å². The van der Waals surface area contributed by atoms with Gasteiger partial charge in [-0.3, -0.25) is 0 Å². The van der Waals surface area contributed by atoms with E-state index in [1.807, 2.05) is 0 Å². The van der Waals surface area contributed by atoms with Gasteiger partial charge in [0, 0.05) is 4.47 Å². The number of nitrogens with zero attached hydrogens (tertiary/aromatic N) is 1. The molecule has 3 nitrogen and oxygen atoms in total.